The van der Waals surface area contributed by atoms with Gasteiger partial charge in [0.05, 0.1) is 0 Å². The first-order valence-corrected chi connectivity index (χ1v) is 6.09. The molecule has 1 atom stereocenters. The quantitative estimate of drug-likeness (QED) is 0.372. The van der Waals surface area contributed by atoms with Gasteiger partial charge < -0.3 is 0 Å². The van der Waals surface area contributed by atoms with Crippen LogP contribution in [-0.2, 0) is 0 Å². The lowest BCUT2D eigenvalue weighted by atomic mass is 10.0. The second-order valence-electron chi connectivity index (χ2n) is 4.05. The third-order valence-corrected chi connectivity index (χ3v) is 2.44. The monoisotopic (exact) mass is 194 g/mol. The molecule has 0 aliphatic carbocycles. The van der Waals surface area contributed by atoms with E-state index in [9.17, 15) is 0 Å². The van der Waals surface area contributed by atoms with Crippen molar-refractivity contribution in [2.24, 2.45) is 5.92 Å². The van der Waals surface area contributed by atoms with Crippen molar-refractivity contribution in [1.82, 2.24) is 0 Å². The van der Waals surface area contributed by atoms with Crippen molar-refractivity contribution in [3.05, 3.63) is 24.3 Å². The molecule has 0 amide bonds. The summed E-state index contributed by atoms with van der Waals surface area (Å²) in [4.78, 5) is 0. The van der Waals surface area contributed by atoms with E-state index in [1.807, 2.05) is 0 Å². The molecule has 0 heteroatoms. The molecule has 0 nitrogen and oxygen atoms in total. The fourth-order valence-corrected chi connectivity index (χ4v) is 1.57. The van der Waals surface area contributed by atoms with Crippen molar-refractivity contribution >= 4 is 0 Å². The maximum atomic E-state index is 2.37. The Kier molecular flexibility index (Phi) is 10.2. The second kappa shape index (κ2) is 10.6. The molecule has 0 aromatic carbocycles. The fourth-order valence-electron chi connectivity index (χ4n) is 1.57. The van der Waals surface area contributed by atoms with Crippen LogP contribution < -0.4 is 0 Å². The molecule has 0 bridgehead atoms. The molecule has 14 heavy (non-hydrogen) atoms. The number of rotatable bonds is 8. The molecule has 0 heterocycles. The molecule has 0 saturated heterocycles. The van der Waals surface area contributed by atoms with Gasteiger partial charge in [-0.25, -0.2) is 0 Å². The van der Waals surface area contributed by atoms with E-state index < -0.39 is 0 Å². The predicted molar refractivity (Wildman–Crippen MR) is 66.5 cm³/mol. The van der Waals surface area contributed by atoms with E-state index in [0.717, 1.165) is 5.92 Å². The summed E-state index contributed by atoms with van der Waals surface area (Å²) in [5.41, 5.74) is 0. The van der Waals surface area contributed by atoms with Gasteiger partial charge in [-0.15, -0.1) is 0 Å². The summed E-state index contributed by atoms with van der Waals surface area (Å²) in [6.07, 6.45) is 16.9. The highest BCUT2D eigenvalue weighted by Crippen LogP contribution is 2.08. The Balaban J connectivity index is 3.25. The van der Waals surface area contributed by atoms with E-state index >= 15 is 0 Å². The first-order valence-electron chi connectivity index (χ1n) is 6.09. The molecule has 0 N–H and O–H groups in total. The van der Waals surface area contributed by atoms with Crippen molar-refractivity contribution < 1.29 is 0 Å². The molecule has 0 fully saturated rings. The van der Waals surface area contributed by atoms with E-state index in [2.05, 4.69) is 45.1 Å². The standard InChI is InChI=1S/C14H26/c1-4-6-7-8-9-10-11-13-14(3)12-5-2/h4,6,11,13-14H,5,7-10,12H2,1-3H3. The van der Waals surface area contributed by atoms with E-state index in [1.165, 1.54) is 38.5 Å². The van der Waals surface area contributed by atoms with Gasteiger partial charge in [-0.3, -0.25) is 0 Å². The average Bonchev–Trinajstić information content (AvgIpc) is 2.17. The predicted octanol–water partition coefficient (Wildman–Crippen LogP) is 5.12. The average molecular weight is 194 g/mol. The number of hydrogen-bond donors (Lipinski definition) is 0. The minimum Gasteiger partial charge on any atom is -0.0917 e. The lowest BCUT2D eigenvalue weighted by molar-refractivity contribution is 0.630. The van der Waals surface area contributed by atoms with Crippen molar-refractivity contribution in [3.63, 3.8) is 0 Å². The zero-order valence-electron chi connectivity index (χ0n) is 10.1. The summed E-state index contributed by atoms with van der Waals surface area (Å²) in [6, 6.07) is 0. The van der Waals surface area contributed by atoms with Gasteiger partial charge in [0.1, 0.15) is 0 Å². The second-order valence-corrected chi connectivity index (χ2v) is 4.05. The van der Waals surface area contributed by atoms with E-state index in [-0.39, 0.29) is 0 Å². The minimum atomic E-state index is 0.774. The summed E-state index contributed by atoms with van der Waals surface area (Å²) in [5, 5.41) is 0. The van der Waals surface area contributed by atoms with Crippen molar-refractivity contribution in [1.29, 1.82) is 0 Å². The lowest BCUT2D eigenvalue weighted by Gasteiger charge is -2.01. The van der Waals surface area contributed by atoms with Crippen LogP contribution in [0.15, 0.2) is 24.3 Å². The van der Waals surface area contributed by atoms with E-state index in [0.29, 0.717) is 0 Å². The first-order chi connectivity index (χ1) is 6.81. The summed E-state index contributed by atoms with van der Waals surface area (Å²) < 4.78 is 0. The van der Waals surface area contributed by atoms with Crippen LogP contribution in [0.5, 0.6) is 0 Å². The van der Waals surface area contributed by atoms with Gasteiger partial charge in [-0.2, -0.15) is 0 Å². The normalized spacial score (nSPS) is 14.2. The molecule has 0 aliphatic rings. The molecule has 0 aromatic heterocycles. The molecule has 0 aliphatic heterocycles. The Morgan fingerprint density at radius 3 is 2.29 bits per heavy atom. The molecular formula is C14H26. The molecule has 0 rings (SSSR count). The van der Waals surface area contributed by atoms with Gasteiger partial charge in [0.2, 0.25) is 0 Å². The minimum absolute atomic E-state index is 0.774. The van der Waals surface area contributed by atoms with Gasteiger partial charge in [-0.1, -0.05) is 44.6 Å². The highest BCUT2D eigenvalue weighted by atomic mass is 14.0. The molecule has 0 saturated carbocycles. The third-order valence-electron chi connectivity index (χ3n) is 2.44. The van der Waals surface area contributed by atoms with Crippen LogP contribution in [-0.4, -0.2) is 0 Å². The van der Waals surface area contributed by atoms with E-state index in [4.69, 9.17) is 0 Å². The SMILES string of the molecule is CC=CCCCCC=CC(C)CCC. The topological polar surface area (TPSA) is 0 Å². The maximum Gasteiger partial charge on any atom is -0.0262 e. The smallest absolute Gasteiger partial charge is 0.0262 e. The molecule has 1 unspecified atom stereocenters. The van der Waals surface area contributed by atoms with Crippen LogP contribution in [0.3, 0.4) is 0 Å². The summed E-state index contributed by atoms with van der Waals surface area (Å²) in [7, 11) is 0. The zero-order valence-corrected chi connectivity index (χ0v) is 10.1. The van der Waals surface area contributed by atoms with Crippen molar-refractivity contribution in [2.75, 3.05) is 0 Å². The number of hydrogen-bond acceptors (Lipinski definition) is 0. The number of allylic oxidation sites excluding steroid dienone is 4. The van der Waals surface area contributed by atoms with Crippen LogP contribution in [0.1, 0.15) is 59.3 Å². The zero-order chi connectivity index (χ0) is 10.6. The third kappa shape index (κ3) is 9.57. The van der Waals surface area contributed by atoms with Crippen molar-refractivity contribution in [2.45, 2.75) is 59.3 Å². The fraction of sp³-hybridized carbons (Fsp3) is 0.714. The first kappa shape index (κ1) is 13.5. The number of unbranched alkanes of at least 4 members (excludes halogenated alkanes) is 3. The molecule has 0 radical (unpaired) electrons. The Labute approximate surface area is 90.1 Å². The Hall–Kier alpha value is -0.520. The van der Waals surface area contributed by atoms with Crippen LogP contribution in [0.2, 0.25) is 0 Å². The maximum absolute atomic E-state index is 2.37. The van der Waals surface area contributed by atoms with Crippen LogP contribution >= 0.6 is 0 Å². The summed E-state index contributed by atoms with van der Waals surface area (Å²) in [6.45, 7) is 6.65. The van der Waals surface area contributed by atoms with Crippen LogP contribution in [0.25, 0.3) is 0 Å². The highest BCUT2D eigenvalue weighted by Gasteiger charge is 1.92. The summed E-state index contributed by atoms with van der Waals surface area (Å²) in [5.74, 6) is 0.774. The summed E-state index contributed by atoms with van der Waals surface area (Å²) >= 11 is 0. The van der Waals surface area contributed by atoms with Crippen LogP contribution in [0.4, 0.5) is 0 Å². The van der Waals surface area contributed by atoms with Gasteiger partial charge in [0, 0.05) is 0 Å². The van der Waals surface area contributed by atoms with E-state index in [1.54, 1.807) is 0 Å². The van der Waals surface area contributed by atoms with Gasteiger partial charge in [0.15, 0.2) is 0 Å². The van der Waals surface area contributed by atoms with Gasteiger partial charge in [0.25, 0.3) is 0 Å². The molecule has 0 aromatic rings. The largest absolute Gasteiger partial charge is 0.0917 e. The lowest BCUT2D eigenvalue weighted by Crippen LogP contribution is -1.86. The Morgan fingerprint density at radius 2 is 1.71 bits per heavy atom. The highest BCUT2D eigenvalue weighted by molar-refractivity contribution is 4.86. The van der Waals surface area contributed by atoms with Crippen molar-refractivity contribution in [3.8, 4) is 0 Å². The molecular weight excluding hydrogens is 168 g/mol. The van der Waals surface area contributed by atoms with Gasteiger partial charge in [-0.05, 0) is 44.9 Å². The Bertz CT molecular complexity index is 153. The van der Waals surface area contributed by atoms with Gasteiger partial charge >= 0.3 is 0 Å². The van der Waals surface area contributed by atoms with Crippen LogP contribution in [0, 0.1) is 5.92 Å². The molecule has 0 spiro atoms. The molecule has 82 valence electrons. The Morgan fingerprint density at radius 1 is 1.07 bits per heavy atom.